The second-order valence-electron chi connectivity index (χ2n) is 4.71. The highest BCUT2D eigenvalue weighted by atomic mass is 16.3. The van der Waals surface area contributed by atoms with Crippen LogP contribution in [-0.2, 0) is 0 Å². The molecular weight excluding hydrogens is 136 g/mol. The summed E-state index contributed by atoms with van der Waals surface area (Å²) < 4.78 is 0. The van der Waals surface area contributed by atoms with Crippen molar-refractivity contribution < 1.29 is 5.11 Å². The molecule has 1 nitrogen and oxygen atoms in total. The fraction of sp³-hybridized carbons (Fsp3) is 0.900. The van der Waals surface area contributed by atoms with Crippen LogP contribution in [0.3, 0.4) is 0 Å². The van der Waals surface area contributed by atoms with Gasteiger partial charge in [-0.25, -0.2) is 0 Å². The molecule has 4 aliphatic rings. The van der Waals surface area contributed by atoms with E-state index >= 15 is 0 Å². The van der Waals surface area contributed by atoms with E-state index in [0.29, 0.717) is 5.92 Å². The summed E-state index contributed by atoms with van der Waals surface area (Å²) in [6.07, 6.45) is 6.62. The van der Waals surface area contributed by atoms with Crippen molar-refractivity contribution in [1.29, 1.82) is 0 Å². The van der Waals surface area contributed by atoms with E-state index in [1.165, 1.54) is 38.0 Å². The fourth-order valence-corrected chi connectivity index (χ4v) is 3.61. The van der Waals surface area contributed by atoms with Crippen molar-refractivity contribution in [3.05, 3.63) is 5.92 Å². The molecule has 4 saturated carbocycles. The predicted molar refractivity (Wildman–Crippen MR) is 42.8 cm³/mol. The van der Waals surface area contributed by atoms with E-state index in [2.05, 4.69) is 0 Å². The van der Waals surface area contributed by atoms with Gasteiger partial charge >= 0.3 is 0 Å². The van der Waals surface area contributed by atoms with Gasteiger partial charge in [-0.2, -0.15) is 0 Å². The lowest BCUT2D eigenvalue weighted by molar-refractivity contribution is -0.0218. The number of aliphatic hydroxyl groups excluding tert-OH is 1. The molecule has 0 amide bonds. The van der Waals surface area contributed by atoms with Crippen molar-refractivity contribution in [3.63, 3.8) is 0 Å². The smallest absolute Gasteiger partial charge is 0.0631 e. The average molecular weight is 151 g/mol. The zero-order chi connectivity index (χ0) is 7.42. The third-order valence-corrected chi connectivity index (χ3v) is 3.91. The first kappa shape index (κ1) is 6.47. The number of hydrogen-bond acceptors (Lipinski definition) is 1. The minimum absolute atomic E-state index is 0.00259. The summed E-state index contributed by atoms with van der Waals surface area (Å²) in [5.74, 6) is 4.08. The normalized spacial score (nSPS) is 55.4. The molecule has 0 spiro atoms. The zero-order valence-electron chi connectivity index (χ0n) is 6.79. The van der Waals surface area contributed by atoms with E-state index in [1.54, 1.807) is 0 Å². The Kier molecular flexibility index (Phi) is 1.18. The number of aliphatic hydroxyl groups is 1. The molecule has 0 aromatic carbocycles. The lowest BCUT2D eigenvalue weighted by atomic mass is 9.55. The Bertz CT molecular complexity index is 148. The summed E-state index contributed by atoms with van der Waals surface area (Å²) in [5, 5.41) is 9.79. The molecule has 3 unspecified atom stereocenters. The maximum Gasteiger partial charge on any atom is 0.0631 e. The van der Waals surface area contributed by atoms with Crippen LogP contribution in [0.2, 0.25) is 0 Å². The Morgan fingerprint density at radius 3 is 2.18 bits per heavy atom. The Hall–Kier alpha value is -0.0400. The second kappa shape index (κ2) is 2.01. The van der Waals surface area contributed by atoms with Crippen molar-refractivity contribution in [3.8, 4) is 0 Å². The highest BCUT2D eigenvalue weighted by Gasteiger charge is 2.47. The van der Waals surface area contributed by atoms with Crippen LogP contribution in [0.5, 0.6) is 0 Å². The van der Waals surface area contributed by atoms with Gasteiger partial charge in [0.2, 0.25) is 0 Å². The molecule has 1 radical (unpaired) electrons. The number of hydrogen-bond donors (Lipinski definition) is 1. The maximum atomic E-state index is 9.79. The molecule has 0 aliphatic heterocycles. The molecule has 4 fully saturated rings. The number of rotatable bonds is 0. The van der Waals surface area contributed by atoms with Crippen molar-refractivity contribution in [2.24, 2.45) is 17.8 Å². The zero-order valence-corrected chi connectivity index (χ0v) is 6.79. The van der Waals surface area contributed by atoms with Gasteiger partial charge in [0.05, 0.1) is 6.10 Å². The quantitative estimate of drug-likeness (QED) is 0.559. The Labute approximate surface area is 67.8 Å². The van der Waals surface area contributed by atoms with Crippen LogP contribution in [0.25, 0.3) is 0 Å². The molecule has 0 heterocycles. The molecule has 1 N–H and O–H groups in total. The largest absolute Gasteiger partial charge is 0.392 e. The fourth-order valence-electron chi connectivity index (χ4n) is 3.61. The SMILES string of the molecule is OC1[C]2CC3CC(C2)CC1C3. The molecule has 0 saturated heterocycles. The van der Waals surface area contributed by atoms with Crippen LogP contribution >= 0.6 is 0 Å². The molecule has 3 atom stereocenters. The molecule has 11 heavy (non-hydrogen) atoms. The predicted octanol–water partition coefficient (Wildman–Crippen LogP) is 1.76. The van der Waals surface area contributed by atoms with Gasteiger partial charge in [-0.05, 0) is 49.9 Å². The van der Waals surface area contributed by atoms with Crippen LogP contribution in [0, 0.1) is 23.7 Å². The molecular formula is C10H15O. The van der Waals surface area contributed by atoms with Crippen LogP contribution in [0.15, 0.2) is 0 Å². The summed E-state index contributed by atoms with van der Waals surface area (Å²) in [6, 6.07) is 0. The van der Waals surface area contributed by atoms with Gasteiger partial charge in [-0.1, -0.05) is 0 Å². The van der Waals surface area contributed by atoms with Crippen molar-refractivity contribution in [2.75, 3.05) is 0 Å². The first-order valence-corrected chi connectivity index (χ1v) is 4.85. The monoisotopic (exact) mass is 151 g/mol. The van der Waals surface area contributed by atoms with Crippen molar-refractivity contribution >= 4 is 0 Å². The molecule has 61 valence electrons. The summed E-state index contributed by atoms with van der Waals surface area (Å²) in [4.78, 5) is 0. The van der Waals surface area contributed by atoms with E-state index in [9.17, 15) is 5.11 Å². The molecule has 0 aromatic rings. The van der Waals surface area contributed by atoms with Gasteiger partial charge in [-0.15, -0.1) is 0 Å². The standard InChI is InChI=1S/C10H15O/c11-10-8-2-6-1-7(4-8)5-9(10)3-6/h6-8,10-11H,1-5H2. The third kappa shape index (κ3) is 0.807. The lowest BCUT2D eigenvalue weighted by Crippen LogP contribution is -2.46. The Morgan fingerprint density at radius 2 is 1.64 bits per heavy atom. The Balaban J connectivity index is 1.91. The van der Waals surface area contributed by atoms with Gasteiger partial charge < -0.3 is 5.11 Å². The first-order chi connectivity index (χ1) is 5.33. The molecule has 4 rings (SSSR count). The molecule has 4 aliphatic carbocycles. The summed E-state index contributed by atoms with van der Waals surface area (Å²) in [7, 11) is 0. The van der Waals surface area contributed by atoms with Gasteiger partial charge in [0.1, 0.15) is 0 Å². The van der Waals surface area contributed by atoms with E-state index in [-0.39, 0.29) is 6.10 Å². The van der Waals surface area contributed by atoms with Gasteiger partial charge in [0.15, 0.2) is 0 Å². The van der Waals surface area contributed by atoms with Gasteiger partial charge in [0, 0.05) is 5.92 Å². The van der Waals surface area contributed by atoms with E-state index in [4.69, 9.17) is 0 Å². The van der Waals surface area contributed by atoms with E-state index in [1.807, 2.05) is 0 Å². The van der Waals surface area contributed by atoms with Crippen molar-refractivity contribution in [1.82, 2.24) is 0 Å². The highest BCUT2D eigenvalue weighted by Crippen LogP contribution is 2.54. The topological polar surface area (TPSA) is 20.2 Å². The average Bonchev–Trinajstić information content (AvgIpc) is 1.98. The molecule has 0 aromatic heterocycles. The highest BCUT2D eigenvalue weighted by molar-refractivity contribution is 5.13. The Morgan fingerprint density at radius 1 is 1.00 bits per heavy atom. The summed E-state index contributed by atoms with van der Waals surface area (Å²) >= 11 is 0. The third-order valence-electron chi connectivity index (χ3n) is 3.91. The van der Waals surface area contributed by atoms with Crippen LogP contribution < -0.4 is 0 Å². The van der Waals surface area contributed by atoms with E-state index in [0.717, 1.165) is 11.8 Å². The van der Waals surface area contributed by atoms with Gasteiger partial charge in [-0.3, -0.25) is 0 Å². The van der Waals surface area contributed by atoms with Gasteiger partial charge in [0.25, 0.3) is 0 Å². The maximum absolute atomic E-state index is 9.79. The van der Waals surface area contributed by atoms with Crippen molar-refractivity contribution in [2.45, 2.75) is 38.2 Å². The lowest BCUT2D eigenvalue weighted by Gasteiger charge is -2.52. The van der Waals surface area contributed by atoms with E-state index < -0.39 is 0 Å². The van der Waals surface area contributed by atoms with Crippen LogP contribution in [0.4, 0.5) is 0 Å². The second-order valence-corrected chi connectivity index (χ2v) is 4.71. The summed E-state index contributed by atoms with van der Waals surface area (Å²) in [5.41, 5.74) is 0. The van der Waals surface area contributed by atoms with Crippen LogP contribution in [-0.4, -0.2) is 11.2 Å². The minimum atomic E-state index is 0.00259. The minimum Gasteiger partial charge on any atom is -0.392 e. The molecule has 1 heteroatoms. The first-order valence-electron chi connectivity index (χ1n) is 4.85. The van der Waals surface area contributed by atoms with Crippen LogP contribution in [0.1, 0.15) is 32.1 Å². The summed E-state index contributed by atoms with van der Waals surface area (Å²) in [6.45, 7) is 0. The molecule has 4 bridgehead atoms.